The number of hydrogen-bond donors (Lipinski definition) is 0. The van der Waals surface area contributed by atoms with Crippen molar-refractivity contribution in [3.8, 4) is 0 Å². The molecule has 3 nitrogen and oxygen atoms in total. The van der Waals surface area contributed by atoms with Gasteiger partial charge in [0.25, 0.3) is 0 Å². The second-order valence-electron chi connectivity index (χ2n) is 6.63. The Hall–Kier alpha value is -2.40. The third kappa shape index (κ3) is 9.17. The Kier molecular flexibility index (Phi) is 10.7. The molecule has 164 valence electrons. The summed E-state index contributed by atoms with van der Waals surface area (Å²) >= 11 is -1.92. The van der Waals surface area contributed by atoms with Gasteiger partial charge in [-0.3, -0.25) is 9.98 Å². The molecule has 0 fully saturated rings. The molecule has 0 N–H and O–H groups in total. The summed E-state index contributed by atoms with van der Waals surface area (Å²) in [6.45, 7) is 0. The third-order valence-corrected chi connectivity index (χ3v) is 4.33. The normalized spacial score (nSPS) is 10.6. The molecule has 4 rings (SSSR count). The molecule has 0 heterocycles. The van der Waals surface area contributed by atoms with Crippen LogP contribution in [-0.4, -0.2) is 12.4 Å². The molecule has 0 unspecified atom stereocenters. The van der Waals surface area contributed by atoms with Crippen molar-refractivity contribution in [2.75, 3.05) is 0 Å². The van der Waals surface area contributed by atoms with Crippen molar-refractivity contribution in [1.29, 1.82) is 0 Å². The average Bonchev–Trinajstić information content (AvgIpc) is 2.84. The Morgan fingerprint density at radius 1 is 0.515 bits per heavy atom. The van der Waals surface area contributed by atoms with Gasteiger partial charge in [0.15, 0.2) is 0 Å². The maximum absolute atomic E-state index is 4.97. The van der Waals surface area contributed by atoms with E-state index in [9.17, 15) is 0 Å². The van der Waals surface area contributed by atoms with Gasteiger partial charge in [-0.15, -0.1) is 11.4 Å². The first-order valence-corrected chi connectivity index (χ1v) is 16.5. The molecule has 0 radical (unpaired) electrons. The minimum atomic E-state index is -1.92. The van der Waals surface area contributed by atoms with Crippen LogP contribution in [-0.2, 0) is 14.7 Å². The first-order chi connectivity index (χ1) is 16.1. The van der Waals surface area contributed by atoms with Crippen molar-refractivity contribution in [3.63, 3.8) is 0 Å². The molecule has 7 heteroatoms. The van der Waals surface area contributed by atoms with E-state index in [-0.39, 0.29) is 0 Å². The van der Waals surface area contributed by atoms with Crippen LogP contribution in [0.25, 0.3) is 5.32 Å². The minimum absolute atomic E-state index is 0.868. The number of para-hydroxylation sites is 4. The van der Waals surface area contributed by atoms with E-state index in [1.165, 1.54) is 0 Å². The SMILES string of the molecule is C(=Nc1ccccc1)c1ccccc1[N-]c1ccccc1C=Nc1ccccc1.[Cl][Ti+]([Cl])[Cl]. The van der Waals surface area contributed by atoms with Crippen molar-refractivity contribution in [3.05, 3.63) is 126 Å². The Bertz CT molecular complexity index is 1090. The zero-order chi connectivity index (χ0) is 23.3. The quantitative estimate of drug-likeness (QED) is 0.177. The fourth-order valence-corrected chi connectivity index (χ4v) is 2.84. The van der Waals surface area contributed by atoms with Crippen molar-refractivity contribution < 1.29 is 14.7 Å². The summed E-state index contributed by atoms with van der Waals surface area (Å²) in [5, 5.41) is 4.88. The van der Waals surface area contributed by atoms with Gasteiger partial charge in [-0.1, -0.05) is 84.9 Å². The van der Waals surface area contributed by atoms with E-state index >= 15 is 0 Å². The molecular weight excluding hydrogens is 509 g/mol. The molecule has 0 aliphatic rings. The van der Waals surface area contributed by atoms with Gasteiger partial charge in [0, 0.05) is 12.4 Å². The predicted octanol–water partition coefficient (Wildman–Crippen LogP) is 9.59. The molecule has 0 saturated carbocycles. The average molecular weight is 529 g/mol. The summed E-state index contributed by atoms with van der Waals surface area (Å²) in [6, 6.07) is 35.8. The Morgan fingerprint density at radius 3 is 1.24 bits per heavy atom. The van der Waals surface area contributed by atoms with E-state index in [4.69, 9.17) is 33.2 Å². The third-order valence-electron chi connectivity index (χ3n) is 4.33. The number of aliphatic imine (C=N–C) groups is 2. The Morgan fingerprint density at radius 2 is 0.848 bits per heavy atom. The van der Waals surface area contributed by atoms with Gasteiger partial charge in [0.2, 0.25) is 0 Å². The second-order valence-corrected chi connectivity index (χ2v) is 14.4. The van der Waals surface area contributed by atoms with Crippen LogP contribution in [0.2, 0.25) is 0 Å². The van der Waals surface area contributed by atoms with Crippen LogP contribution in [0.1, 0.15) is 11.1 Å². The number of hydrogen-bond acceptors (Lipinski definition) is 2. The number of halogens is 3. The van der Waals surface area contributed by atoms with E-state index in [1.54, 1.807) is 0 Å². The maximum atomic E-state index is 4.97. The van der Waals surface area contributed by atoms with E-state index < -0.39 is 14.7 Å². The molecule has 0 amide bonds. The topological polar surface area (TPSA) is 38.8 Å². The molecular formula is C26H20Cl3N3Ti. The number of nitrogens with zero attached hydrogens (tertiary/aromatic N) is 3. The molecule has 0 aromatic heterocycles. The Balaban J connectivity index is 0.000000709. The molecule has 0 bridgehead atoms. The van der Waals surface area contributed by atoms with Gasteiger partial charge in [-0.25, -0.2) is 0 Å². The van der Waals surface area contributed by atoms with Crippen LogP contribution in [0.15, 0.2) is 119 Å². The number of benzene rings is 4. The predicted molar refractivity (Wildman–Crippen MR) is 141 cm³/mol. The van der Waals surface area contributed by atoms with Gasteiger partial charge in [-0.2, -0.15) is 0 Å². The van der Waals surface area contributed by atoms with Gasteiger partial charge in [-0.05, 0) is 35.4 Å². The second kappa shape index (κ2) is 14.0. The van der Waals surface area contributed by atoms with Gasteiger partial charge < -0.3 is 5.32 Å². The summed E-state index contributed by atoms with van der Waals surface area (Å²) in [7, 11) is 14.9. The number of rotatable bonds is 6. The summed E-state index contributed by atoms with van der Waals surface area (Å²) in [6.07, 6.45) is 3.71. The first-order valence-electron chi connectivity index (χ1n) is 10.0. The molecule has 0 aliphatic heterocycles. The van der Waals surface area contributed by atoms with Crippen LogP contribution in [0.3, 0.4) is 0 Å². The molecule has 0 aliphatic carbocycles. The van der Waals surface area contributed by atoms with Crippen LogP contribution < -0.4 is 0 Å². The van der Waals surface area contributed by atoms with E-state index in [0.29, 0.717) is 0 Å². The van der Waals surface area contributed by atoms with E-state index in [2.05, 4.69) is 9.98 Å². The molecule has 0 atom stereocenters. The summed E-state index contributed by atoms with van der Waals surface area (Å²) in [4.78, 5) is 9.13. The molecule has 33 heavy (non-hydrogen) atoms. The van der Waals surface area contributed by atoms with E-state index in [0.717, 1.165) is 33.9 Å². The van der Waals surface area contributed by atoms with Crippen LogP contribution in [0.4, 0.5) is 22.7 Å². The van der Waals surface area contributed by atoms with Gasteiger partial charge >= 0.3 is 42.6 Å². The molecule has 0 spiro atoms. The molecule has 4 aromatic carbocycles. The summed E-state index contributed by atoms with van der Waals surface area (Å²) in [5.74, 6) is 0. The van der Waals surface area contributed by atoms with Crippen molar-refractivity contribution in [2.45, 2.75) is 0 Å². The fourth-order valence-electron chi connectivity index (χ4n) is 2.84. The van der Waals surface area contributed by atoms with Crippen LogP contribution in [0.5, 0.6) is 0 Å². The first kappa shape index (κ1) is 25.2. The van der Waals surface area contributed by atoms with Crippen molar-refractivity contribution in [1.82, 2.24) is 0 Å². The van der Waals surface area contributed by atoms with E-state index in [1.807, 2.05) is 122 Å². The summed E-state index contributed by atoms with van der Waals surface area (Å²) < 4.78 is 0. The fraction of sp³-hybridized carbons (Fsp3) is 0. The van der Waals surface area contributed by atoms with Crippen LogP contribution in [0, 0.1) is 0 Å². The van der Waals surface area contributed by atoms with Gasteiger partial charge in [0.1, 0.15) is 0 Å². The van der Waals surface area contributed by atoms with Gasteiger partial charge in [0.05, 0.1) is 11.4 Å². The Labute approximate surface area is 212 Å². The monoisotopic (exact) mass is 527 g/mol. The molecule has 4 aromatic rings. The van der Waals surface area contributed by atoms with Crippen LogP contribution >= 0.6 is 27.9 Å². The summed E-state index contributed by atoms with van der Waals surface area (Å²) in [5.41, 5.74) is 5.49. The zero-order valence-electron chi connectivity index (χ0n) is 17.5. The zero-order valence-corrected chi connectivity index (χ0v) is 21.4. The molecule has 0 saturated heterocycles. The van der Waals surface area contributed by atoms with Crippen molar-refractivity contribution >= 4 is 63.1 Å². The standard InChI is InChI=1S/C26H20N3.3ClH.Ti/c1-3-13-23(14-4-1)27-19-21-11-7-9-17-25(21)29-26-18-10-8-12-22(26)20-28-24-15-5-2-6-16-24;;;;/h1-20H;3*1H;/q-1;;;;+4/p-3. The van der Waals surface area contributed by atoms with Crippen molar-refractivity contribution in [2.24, 2.45) is 9.98 Å².